The Morgan fingerprint density at radius 3 is 2.29 bits per heavy atom. The van der Waals surface area contributed by atoms with E-state index in [1.54, 1.807) is 24.3 Å². The van der Waals surface area contributed by atoms with Crippen molar-refractivity contribution in [3.8, 4) is 0 Å². The molecule has 1 fully saturated rings. The zero-order valence-electron chi connectivity index (χ0n) is 15.6. The molecule has 2 aromatic carbocycles. The van der Waals surface area contributed by atoms with Crippen molar-refractivity contribution >= 4 is 17.3 Å². The molecule has 2 N–H and O–H groups in total. The van der Waals surface area contributed by atoms with Crippen LogP contribution in [0.3, 0.4) is 0 Å². The number of fused-ring (bicyclic) bond motifs is 2. The van der Waals surface area contributed by atoms with Crippen molar-refractivity contribution in [2.24, 2.45) is 0 Å². The largest absolute Gasteiger partial charge is 0.390 e. The predicted octanol–water partition coefficient (Wildman–Crippen LogP) is 2.86. The first-order valence-corrected chi connectivity index (χ1v) is 9.71. The maximum Gasteiger partial charge on any atom is 0.197 e. The molecule has 1 aliphatic carbocycles. The molecule has 6 heteroatoms. The molecular formula is C22H23FN2O3. The molecule has 0 aromatic heterocycles. The van der Waals surface area contributed by atoms with Gasteiger partial charge in [-0.1, -0.05) is 30.7 Å². The molecule has 1 heterocycles. The van der Waals surface area contributed by atoms with Crippen LogP contribution in [0, 0.1) is 5.82 Å². The molecular weight excluding hydrogens is 359 g/mol. The van der Waals surface area contributed by atoms with Gasteiger partial charge >= 0.3 is 0 Å². The fraction of sp³-hybridized carbons (Fsp3) is 0.364. The quantitative estimate of drug-likeness (QED) is 0.710. The molecule has 1 unspecified atom stereocenters. The molecule has 1 saturated heterocycles. The van der Waals surface area contributed by atoms with Gasteiger partial charge in [0, 0.05) is 29.9 Å². The number of anilines is 1. The lowest BCUT2D eigenvalue weighted by Gasteiger charge is -2.29. The zero-order chi connectivity index (χ0) is 19.7. The first kappa shape index (κ1) is 18.8. The Balaban J connectivity index is 1.56. The molecule has 4 rings (SSSR count). The number of hydrogen-bond acceptors (Lipinski definition) is 5. The fourth-order valence-corrected chi connectivity index (χ4v) is 4.06. The molecule has 5 nitrogen and oxygen atoms in total. The van der Waals surface area contributed by atoms with Gasteiger partial charge in [-0.2, -0.15) is 0 Å². The molecule has 0 radical (unpaired) electrons. The van der Waals surface area contributed by atoms with Crippen LogP contribution < -0.4 is 5.32 Å². The minimum absolute atomic E-state index is 0.0499. The van der Waals surface area contributed by atoms with Crippen LogP contribution in [0.4, 0.5) is 10.1 Å². The first-order chi connectivity index (χ1) is 13.6. The minimum Gasteiger partial charge on any atom is -0.390 e. The molecule has 0 bridgehead atoms. The van der Waals surface area contributed by atoms with Crippen molar-refractivity contribution < 1.29 is 19.1 Å². The van der Waals surface area contributed by atoms with Crippen LogP contribution in [0.2, 0.25) is 0 Å². The number of piperidine rings is 1. The van der Waals surface area contributed by atoms with Crippen LogP contribution >= 0.6 is 0 Å². The maximum absolute atomic E-state index is 14.4. The lowest BCUT2D eigenvalue weighted by molar-refractivity contribution is 0.0976. The highest BCUT2D eigenvalue weighted by molar-refractivity contribution is 6.30. The molecule has 146 valence electrons. The number of aliphatic hydroxyl groups excluding tert-OH is 1. The second-order valence-corrected chi connectivity index (χ2v) is 7.44. The second kappa shape index (κ2) is 7.81. The van der Waals surface area contributed by atoms with E-state index in [1.807, 2.05) is 0 Å². The van der Waals surface area contributed by atoms with E-state index < -0.39 is 17.7 Å². The number of carbonyl (C=O) groups excluding carboxylic acids is 2. The number of ketones is 2. The summed E-state index contributed by atoms with van der Waals surface area (Å²) in [7, 11) is 0. The highest BCUT2D eigenvalue weighted by Gasteiger charge is 2.34. The van der Waals surface area contributed by atoms with Gasteiger partial charge in [-0.15, -0.1) is 0 Å². The van der Waals surface area contributed by atoms with Gasteiger partial charge in [-0.25, -0.2) is 4.39 Å². The lowest BCUT2D eigenvalue weighted by Crippen LogP contribution is -2.39. The number of aliphatic hydroxyl groups is 1. The third kappa shape index (κ3) is 3.45. The van der Waals surface area contributed by atoms with Gasteiger partial charge in [0.2, 0.25) is 0 Å². The Morgan fingerprint density at radius 2 is 1.61 bits per heavy atom. The van der Waals surface area contributed by atoms with E-state index in [4.69, 9.17) is 0 Å². The van der Waals surface area contributed by atoms with E-state index in [9.17, 15) is 19.1 Å². The summed E-state index contributed by atoms with van der Waals surface area (Å²) < 4.78 is 14.4. The summed E-state index contributed by atoms with van der Waals surface area (Å²) >= 11 is 0. The van der Waals surface area contributed by atoms with E-state index >= 15 is 0 Å². The van der Waals surface area contributed by atoms with Crippen LogP contribution in [-0.2, 0) is 0 Å². The standard InChI is InChI=1S/C22H23FN2O3/c23-17-8-9-18(24-12-14(26)13-25-10-4-1-5-11-25)20-19(17)21(27)15-6-2-3-7-16(15)22(20)28/h2-3,6-9,14,24,26H,1,4-5,10-13H2. The number of nitrogens with one attached hydrogen (secondary N) is 1. The minimum atomic E-state index is -0.706. The van der Waals surface area contributed by atoms with Crippen molar-refractivity contribution in [2.45, 2.75) is 25.4 Å². The van der Waals surface area contributed by atoms with E-state index in [1.165, 1.54) is 18.6 Å². The fourth-order valence-electron chi connectivity index (χ4n) is 4.06. The zero-order valence-corrected chi connectivity index (χ0v) is 15.6. The number of hydrogen-bond donors (Lipinski definition) is 2. The molecule has 0 saturated carbocycles. The van der Waals surface area contributed by atoms with E-state index in [2.05, 4.69) is 10.2 Å². The summed E-state index contributed by atoms with van der Waals surface area (Å²) in [5, 5.41) is 13.4. The summed E-state index contributed by atoms with van der Waals surface area (Å²) in [6.07, 6.45) is 2.88. The topological polar surface area (TPSA) is 69.6 Å². The first-order valence-electron chi connectivity index (χ1n) is 9.71. The Kier molecular flexibility index (Phi) is 5.24. The summed E-state index contributed by atoms with van der Waals surface area (Å²) in [5.41, 5.74) is 0.735. The average molecular weight is 382 g/mol. The SMILES string of the molecule is O=C1c2ccccc2C(=O)c2c(NCC(O)CN3CCCCC3)ccc(F)c21. The van der Waals surface area contributed by atoms with Crippen molar-refractivity contribution in [1.29, 1.82) is 0 Å². The van der Waals surface area contributed by atoms with Gasteiger partial charge < -0.3 is 15.3 Å². The van der Waals surface area contributed by atoms with Gasteiger partial charge in [0.1, 0.15) is 5.82 Å². The Hall–Kier alpha value is -2.57. The number of carbonyl (C=O) groups is 2. The van der Waals surface area contributed by atoms with Gasteiger partial charge in [0.15, 0.2) is 11.6 Å². The van der Waals surface area contributed by atoms with Gasteiger partial charge in [0.05, 0.1) is 17.2 Å². The van der Waals surface area contributed by atoms with Crippen LogP contribution in [0.5, 0.6) is 0 Å². The average Bonchev–Trinajstić information content (AvgIpc) is 2.71. The van der Waals surface area contributed by atoms with Crippen molar-refractivity contribution in [3.63, 3.8) is 0 Å². The van der Waals surface area contributed by atoms with E-state index in [-0.39, 0.29) is 34.6 Å². The van der Waals surface area contributed by atoms with Crippen LogP contribution in [0.25, 0.3) is 0 Å². The molecule has 0 spiro atoms. The normalized spacial score (nSPS) is 17.8. The molecule has 0 amide bonds. The number of β-amino-alcohol motifs (C(OH)–C–C–N with tert-alkyl or cyclic N) is 1. The summed E-state index contributed by atoms with van der Waals surface area (Å²) in [5.74, 6) is -1.57. The highest BCUT2D eigenvalue weighted by Crippen LogP contribution is 2.33. The van der Waals surface area contributed by atoms with Crippen LogP contribution in [-0.4, -0.2) is 53.9 Å². The molecule has 2 aromatic rings. The number of nitrogens with zero attached hydrogens (tertiary/aromatic N) is 1. The third-order valence-electron chi connectivity index (χ3n) is 5.47. The van der Waals surface area contributed by atoms with Gasteiger partial charge in [-0.3, -0.25) is 9.59 Å². The summed E-state index contributed by atoms with van der Waals surface area (Å²) in [6.45, 7) is 2.73. The number of benzene rings is 2. The monoisotopic (exact) mass is 382 g/mol. The predicted molar refractivity (Wildman–Crippen MR) is 104 cm³/mol. The maximum atomic E-state index is 14.4. The van der Waals surface area contributed by atoms with Crippen LogP contribution in [0.15, 0.2) is 36.4 Å². The van der Waals surface area contributed by atoms with Crippen molar-refractivity contribution in [1.82, 2.24) is 4.90 Å². The molecule has 1 aliphatic heterocycles. The van der Waals surface area contributed by atoms with E-state index in [0.29, 0.717) is 12.2 Å². The summed E-state index contributed by atoms with van der Waals surface area (Å²) in [4.78, 5) is 27.9. The van der Waals surface area contributed by atoms with Crippen molar-refractivity contribution in [2.75, 3.05) is 31.5 Å². The number of likely N-dealkylation sites (tertiary alicyclic amines) is 1. The molecule has 2 aliphatic rings. The molecule has 1 atom stereocenters. The third-order valence-corrected chi connectivity index (χ3v) is 5.47. The second-order valence-electron chi connectivity index (χ2n) is 7.44. The Morgan fingerprint density at radius 1 is 0.964 bits per heavy atom. The Labute approximate surface area is 163 Å². The van der Waals surface area contributed by atoms with Crippen molar-refractivity contribution in [3.05, 3.63) is 64.5 Å². The number of rotatable bonds is 5. The van der Waals surface area contributed by atoms with Crippen LogP contribution in [0.1, 0.15) is 51.1 Å². The number of halogens is 1. The molecule has 28 heavy (non-hydrogen) atoms. The smallest absolute Gasteiger partial charge is 0.197 e. The Bertz CT molecular complexity index is 922. The van der Waals surface area contributed by atoms with E-state index in [0.717, 1.165) is 25.9 Å². The van der Waals surface area contributed by atoms with Gasteiger partial charge in [-0.05, 0) is 38.1 Å². The highest BCUT2D eigenvalue weighted by atomic mass is 19.1. The summed E-state index contributed by atoms with van der Waals surface area (Å²) in [6, 6.07) is 9.12. The lowest BCUT2D eigenvalue weighted by atomic mass is 9.83. The van der Waals surface area contributed by atoms with Gasteiger partial charge in [0.25, 0.3) is 0 Å².